The van der Waals surface area contributed by atoms with E-state index in [1.165, 1.54) is 36.0 Å². The second-order valence-electron chi connectivity index (χ2n) is 7.84. The standard InChI is InChI=1S/C25H25ClFN3O5/c1-4-35-24(33)19(12-28-25(34)29-21-22(31)14(2)13-30(3)23(21)32)16-7-5-6-15(10-16)18-9-8-17(27)11-20(18)26/h5-11,13,19,31H,4,12H2,1-3H3,(H2,28,29,34). The van der Waals surface area contributed by atoms with Gasteiger partial charge in [-0.15, -0.1) is 0 Å². The number of carbonyl (C=O) groups is 2. The number of carbonyl (C=O) groups excluding carboxylic acids is 2. The molecule has 0 saturated heterocycles. The number of ether oxygens (including phenoxy) is 1. The van der Waals surface area contributed by atoms with Crippen molar-refractivity contribution in [2.24, 2.45) is 7.05 Å². The van der Waals surface area contributed by atoms with Crippen LogP contribution in [-0.4, -0.2) is 34.8 Å². The molecule has 0 spiro atoms. The highest BCUT2D eigenvalue weighted by atomic mass is 35.5. The molecule has 1 unspecified atom stereocenters. The number of rotatable bonds is 7. The highest BCUT2D eigenvalue weighted by molar-refractivity contribution is 6.33. The number of nitrogens with zero attached hydrogens (tertiary/aromatic N) is 1. The zero-order valence-corrected chi connectivity index (χ0v) is 20.1. The zero-order chi connectivity index (χ0) is 25.7. The van der Waals surface area contributed by atoms with Crippen molar-refractivity contribution in [3.63, 3.8) is 0 Å². The van der Waals surface area contributed by atoms with Gasteiger partial charge in [0.15, 0.2) is 5.69 Å². The maximum atomic E-state index is 13.5. The molecule has 3 rings (SSSR count). The molecule has 8 nitrogen and oxygen atoms in total. The van der Waals surface area contributed by atoms with Crippen LogP contribution in [0.2, 0.25) is 5.02 Å². The van der Waals surface area contributed by atoms with Crippen LogP contribution in [0.4, 0.5) is 14.9 Å². The third kappa shape index (κ3) is 5.99. The third-order valence-electron chi connectivity index (χ3n) is 5.34. The summed E-state index contributed by atoms with van der Waals surface area (Å²) in [5, 5.41) is 15.3. The van der Waals surface area contributed by atoms with Gasteiger partial charge in [-0.2, -0.15) is 0 Å². The lowest BCUT2D eigenvalue weighted by Gasteiger charge is -2.18. The van der Waals surface area contributed by atoms with Gasteiger partial charge in [-0.3, -0.25) is 9.59 Å². The predicted molar refractivity (Wildman–Crippen MR) is 131 cm³/mol. The Balaban J connectivity index is 1.84. The number of halogens is 2. The molecule has 0 aliphatic carbocycles. The number of benzene rings is 2. The van der Waals surface area contributed by atoms with Crippen molar-refractivity contribution >= 4 is 29.3 Å². The molecule has 0 aliphatic heterocycles. The maximum Gasteiger partial charge on any atom is 0.319 e. The topological polar surface area (TPSA) is 110 Å². The first-order valence-corrected chi connectivity index (χ1v) is 11.2. The van der Waals surface area contributed by atoms with Gasteiger partial charge in [0, 0.05) is 30.9 Å². The molecule has 1 atom stereocenters. The predicted octanol–water partition coefficient (Wildman–Crippen LogP) is 4.33. The summed E-state index contributed by atoms with van der Waals surface area (Å²) < 4.78 is 19.9. The van der Waals surface area contributed by atoms with E-state index in [1.54, 1.807) is 38.1 Å². The van der Waals surface area contributed by atoms with Crippen LogP contribution < -0.4 is 16.2 Å². The summed E-state index contributed by atoms with van der Waals surface area (Å²) in [4.78, 5) is 37.5. The molecule has 35 heavy (non-hydrogen) atoms. The molecule has 0 fully saturated rings. The first-order valence-electron chi connectivity index (χ1n) is 10.8. The van der Waals surface area contributed by atoms with Crippen LogP contribution >= 0.6 is 11.6 Å². The van der Waals surface area contributed by atoms with Crippen molar-refractivity contribution < 1.29 is 23.8 Å². The Hall–Kier alpha value is -3.85. The molecular formula is C25H25ClFN3O5. The first-order chi connectivity index (χ1) is 16.6. The van der Waals surface area contributed by atoms with E-state index in [9.17, 15) is 23.9 Å². The quantitative estimate of drug-likeness (QED) is 0.417. The Bertz CT molecular complexity index is 1320. The number of anilines is 1. The Morgan fingerprint density at radius 3 is 2.66 bits per heavy atom. The minimum absolute atomic E-state index is 0.137. The summed E-state index contributed by atoms with van der Waals surface area (Å²) in [5.74, 6) is -2.25. The van der Waals surface area contributed by atoms with Gasteiger partial charge in [0.1, 0.15) is 11.6 Å². The molecule has 0 radical (unpaired) electrons. The van der Waals surface area contributed by atoms with Crippen molar-refractivity contribution in [2.45, 2.75) is 19.8 Å². The van der Waals surface area contributed by atoms with Crippen LogP contribution in [0.25, 0.3) is 11.1 Å². The first kappa shape index (κ1) is 25.8. The monoisotopic (exact) mass is 501 g/mol. The van der Waals surface area contributed by atoms with E-state index in [0.29, 0.717) is 22.3 Å². The molecule has 10 heteroatoms. The van der Waals surface area contributed by atoms with Crippen LogP contribution in [-0.2, 0) is 16.6 Å². The number of aromatic hydroxyl groups is 1. The molecular weight excluding hydrogens is 477 g/mol. The number of pyridine rings is 1. The highest BCUT2D eigenvalue weighted by Gasteiger charge is 2.24. The summed E-state index contributed by atoms with van der Waals surface area (Å²) in [6.07, 6.45) is 1.44. The van der Waals surface area contributed by atoms with Crippen molar-refractivity contribution in [1.82, 2.24) is 9.88 Å². The molecule has 0 bridgehead atoms. The van der Waals surface area contributed by atoms with E-state index in [1.807, 2.05) is 0 Å². The third-order valence-corrected chi connectivity index (χ3v) is 5.65. The van der Waals surface area contributed by atoms with Crippen molar-refractivity contribution in [2.75, 3.05) is 18.5 Å². The van der Waals surface area contributed by atoms with Gasteiger partial charge in [-0.05, 0) is 43.2 Å². The van der Waals surface area contributed by atoms with E-state index >= 15 is 0 Å². The smallest absolute Gasteiger partial charge is 0.319 e. The highest BCUT2D eigenvalue weighted by Crippen LogP contribution is 2.31. The van der Waals surface area contributed by atoms with Gasteiger partial charge in [-0.25, -0.2) is 9.18 Å². The van der Waals surface area contributed by atoms with Crippen molar-refractivity contribution in [3.05, 3.63) is 81.0 Å². The number of aryl methyl sites for hydroxylation is 2. The Morgan fingerprint density at radius 2 is 1.97 bits per heavy atom. The Morgan fingerprint density at radius 1 is 1.23 bits per heavy atom. The van der Waals surface area contributed by atoms with Gasteiger partial charge in [0.25, 0.3) is 5.56 Å². The van der Waals surface area contributed by atoms with Gasteiger partial charge in [0.2, 0.25) is 0 Å². The van der Waals surface area contributed by atoms with Crippen LogP contribution in [0, 0.1) is 12.7 Å². The fourth-order valence-corrected chi connectivity index (χ4v) is 3.85. The lowest BCUT2D eigenvalue weighted by Crippen LogP contribution is -2.37. The number of aromatic nitrogens is 1. The van der Waals surface area contributed by atoms with Gasteiger partial charge in [-0.1, -0.05) is 35.9 Å². The molecule has 0 saturated carbocycles. The molecule has 3 aromatic rings. The van der Waals surface area contributed by atoms with E-state index < -0.39 is 29.3 Å². The van der Waals surface area contributed by atoms with Gasteiger partial charge in [0.05, 0.1) is 17.5 Å². The number of amides is 2. The summed E-state index contributed by atoms with van der Waals surface area (Å²) in [6.45, 7) is 3.24. The number of esters is 1. The fourth-order valence-electron chi connectivity index (χ4n) is 3.58. The van der Waals surface area contributed by atoms with Crippen LogP contribution in [0.5, 0.6) is 5.75 Å². The molecule has 184 valence electrons. The number of hydrogen-bond donors (Lipinski definition) is 3. The number of nitrogens with one attached hydrogen (secondary N) is 2. The molecule has 0 aliphatic rings. The number of urea groups is 1. The molecule has 2 aromatic carbocycles. The maximum absolute atomic E-state index is 13.5. The van der Waals surface area contributed by atoms with E-state index in [0.717, 1.165) is 0 Å². The minimum Gasteiger partial charge on any atom is -0.505 e. The molecule has 2 amide bonds. The summed E-state index contributed by atoms with van der Waals surface area (Å²) >= 11 is 6.19. The van der Waals surface area contributed by atoms with Crippen molar-refractivity contribution in [3.8, 4) is 16.9 Å². The summed E-state index contributed by atoms with van der Waals surface area (Å²) in [7, 11) is 1.50. The SMILES string of the molecule is CCOC(=O)C(CNC(=O)Nc1c(O)c(C)cn(C)c1=O)c1cccc(-c2ccc(F)cc2Cl)c1. The van der Waals surface area contributed by atoms with Gasteiger partial charge >= 0.3 is 12.0 Å². The molecule has 1 aromatic heterocycles. The van der Waals surface area contributed by atoms with Gasteiger partial charge < -0.3 is 25.0 Å². The number of hydrogen-bond acceptors (Lipinski definition) is 5. The summed E-state index contributed by atoms with van der Waals surface area (Å²) in [6, 6.07) is 10.1. The normalized spacial score (nSPS) is 11.6. The lowest BCUT2D eigenvalue weighted by atomic mass is 9.94. The van der Waals surface area contributed by atoms with Crippen LogP contribution in [0.1, 0.15) is 24.0 Å². The Labute approximate surface area is 206 Å². The van der Waals surface area contributed by atoms with Crippen molar-refractivity contribution in [1.29, 1.82) is 0 Å². The van der Waals surface area contributed by atoms with Crippen LogP contribution in [0.3, 0.4) is 0 Å². The minimum atomic E-state index is -0.881. The lowest BCUT2D eigenvalue weighted by molar-refractivity contribution is -0.144. The largest absolute Gasteiger partial charge is 0.505 e. The van der Waals surface area contributed by atoms with E-state index in [-0.39, 0.29) is 29.6 Å². The van der Waals surface area contributed by atoms with E-state index in [4.69, 9.17) is 16.3 Å². The average Bonchev–Trinajstić information content (AvgIpc) is 2.81. The molecule has 3 N–H and O–H groups in total. The summed E-state index contributed by atoms with van der Waals surface area (Å²) in [5.41, 5.74) is 1.31. The fraction of sp³-hybridized carbons (Fsp3) is 0.240. The zero-order valence-electron chi connectivity index (χ0n) is 19.4. The second kappa shape index (κ2) is 11.1. The van der Waals surface area contributed by atoms with E-state index in [2.05, 4.69) is 10.6 Å². The van der Waals surface area contributed by atoms with Crippen LogP contribution in [0.15, 0.2) is 53.5 Å². The Kier molecular flexibility index (Phi) is 8.14. The average molecular weight is 502 g/mol. The second-order valence-corrected chi connectivity index (χ2v) is 8.25. The molecule has 1 heterocycles.